The minimum atomic E-state index is -0.326. The number of esters is 1. The third-order valence-electron chi connectivity index (χ3n) is 2.13. The lowest BCUT2D eigenvalue weighted by Gasteiger charge is -2.03. The molecule has 0 N–H and O–H groups in total. The number of hydrogen-bond acceptors (Lipinski definition) is 2. The van der Waals surface area contributed by atoms with Crippen LogP contribution in [-0.2, 0) is 9.53 Å². The minimum Gasteiger partial charge on any atom is -0.466 e. The smallest absolute Gasteiger partial charge is 0.330 e. The van der Waals surface area contributed by atoms with E-state index in [1.807, 2.05) is 32.0 Å². The van der Waals surface area contributed by atoms with Crippen molar-refractivity contribution in [3.05, 3.63) is 41.0 Å². The zero-order valence-corrected chi connectivity index (χ0v) is 8.70. The number of aryl methyl sites for hydroxylation is 2. The van der Waals surface area contributed by atoms with Crippen LogP contribution in [-0.4, -0.2) is 13.1 Å². The second-order valence-corrected chi connectivity index (χ2v) is 3.16. The fourth-order valence-corrected chi connectivity index (χ4v) is 1.31. The third-order valence-corrected chi connectivity index (χ3v) is 2.13. The molecule has 1 aromatic carbocycles. The van der Waals surface area contributed by atoms with Gasteiger partial charge in [-0.15, -0.1) is 0 Å². The van der Waals surface area contributed by atoms with Crippen LogP contribution in [0.2, 0.25) is 0 Å². The minimum absolute atomic E-state index is 0.326. The van der Waals surface area contributed by atoms with Crippen LogP contribution >= 0.6 is 0 Å². The molecule has 1 rings (SSSR count). The Balaban J connectivity index is 2.96. The third kappa shape index (κ3) is 2.46. The van der Waals surface area contributed by atoms with Gasteiger partial charge in [-0.1, -0.05) is 18.2 Å². The molecular formula is C12H14O2. The van der Waals surface area contributed by atoms with Crippen molar-refractivity contribution in [3.8, 4) is 0 Å². The summed E-state index contributed by atoms with van der Waals surface area (Å²) in [6, 6.07) is 6.04. The molecule has 0 fully saturated rings. The second kappa shape index (κ2) is 4.61. The fourth-order valence-electron chi connectivity index (χ4n) is 1.31. The number of ether oxygens (including phenoxy) is 1. The number of benzene rings is 1. The van der Waals surface area contributed by atoms with Crippen LogP contribution < -0.4 is 0 Å². The van der Waals surface area contributed by atoms with Gasteiger partial charge < -0.3 is 4.74 Å². The predicted molar refractivity (Wildman–Crippen MR) is 57.0 cm³/mol. The first-order valence-electron chi connectivity index (χ1n) is 4.47. The van der Waals surface area contributed by atoms with E-state index >= 15 is 0 Å². The molecule has 0 unspecified atom stereocenters. The first-order valence-corrected chi connectivity index (χ1v) is 4.47. The molecule has 2 nitrogen and oxygen atoms in total. The molecule has 0 radical (unpaired) electrons. The highest BCUT2D eigenvalue weighted by Crippen LogP contribution is 2.14. The number of hydrogen-bond donors (Lipinski definition) is 0. The molecule has 0 aromatic heterocycles. The zero-order chi connectivity index (χ0) is 10.6. The van der Waals surface area contributed by atoms with Gasteiger partial charge in [0.2, 0.25) is 0 Å². The van der Waals surface area contributed by atoms with E-state index in [0.29, 0.717) is 0 Å². The molecule has 0 aliphatic rings. The largest absolute Gasteiger partial charge is 0.466 e. The first-order chi connectivity index (χ1) is 6.65. The van der Waals surface area contributed by atoms with Gasteiger partial charge in [0.25, 0.3) is 0 Å². The summed E-state index contributed by atoms with van der Waals surface area (Å²) in [6.45, 7) is 4.04. The van der Waals surface area contributed by atoms with Crippen molar-refractivity contribution in [1.82, 2.24) is 0 Å². The number of rotatable bonds is 2. The van der Waals surface area contributed by atoms with Gasteiger partial charge in [0.05, 0.1) is 7.11 Å². The van der Waals surface area contributed by atoms with Crippen molar-refractivity contribution in [3.63, 3.8) is 0 Å². The topological polar surface area (TPSA) is 26.3 Å². The fraction of sp³-hybridized carbons (Fsp3) is 0.250. The summed E-state index contributed by atoms with van der Waals surface area (Å²) in [4.78, 5) is 10.9. The molecule has 74 valence electrons. The standard InChI is InChI=1S/C12H14O2/c1-9-5-4-6-10(2)11(9)7-8-12(13)14-3/h4-8H,1-3H3. The molecule has 0 aliphatic carbocycles. The molecule has 0 spiro atoms. The maximum Gasteiger partial charge on any atom is 0.330 e. The Hall–Kier alpha value is -1.57. The Morgan fingerprint density at radius 1 is 1.29 bits per heavy atom. The normalized spacial score (nSPS) is 10.5. The molecule has 0 aliphatic heterocycles. The summed E-state index contributed by atoms with van der Waals surface area (Å²) in [5.41, 5.74) is 3.40. The number of carbonyl (C=O) groups is 1. The van der Waals surface area contributed by atoms with Crippen LogP contribution in [0.15, 0.2) is 24.3 Å². The van der Waals surface area contributed by atoms with Gasteiger partial charge in [-0.05, 0) is 36.6 Å². The van der Waals surface area contributed by atoms with Gasteiger partial charge in [0.1, 0.15) is 0 Å². The Morgan fingerprint density at radius 3 is 2.36 bits per heavy atom. The predicted octanol–water partition coefficient (Wildman–Crippen LogP) is 2.49. The lowest BCUT2D eigenvalue weighted by molar-refractivity contribution is -0.134. The summed E-state index contributed by atoms with van der Waals surface area (Å²) in [5, 5.41) is 0. The van der Waals surface area contributed by atoms with Gasteiger partial charge in [0.15, 0.2) is 0 Å². The Morgan fingerprint density at radius 2 is 1.86 bits per heavy atom. The number of carbonyl (C=O) groups excluding carboxylic acids is 1. The molecule has 0 atom stereocenters. The molecule has 0 saturated carbocycles. The van der Waals surface area contributed by atoms with Gasteiger partial charge >= 0.3 is 5.97 Å². The molecule has 0 bridgehead atoms. The van der Waals surface area contributed by atoms with Gasteiger partial charge in [-0.3, -0.25) is 0 Å². The van der Waals surface area contributed by atoms with Gasteiger partial charge in [-0.2, -0.15) is 0 Å². The van der Waals surface area contributed by atoms with Crippen LogP contribution in [0.5, 0.6) is 0 Å². The number of methoxy groups -OCH3 is 1. The highest BCUT2D eigenvalue weighted by atomic mass is 16.5. The maximum atomic E-state index is 10.9. The van der Waals surface area contributed by atoms with Gasteiger partial charge in [0, 0.05) is 6.08 Å². The van der Waals surface area contributed by atoms with Crippen molar-refractivity contribution in [2.45, 2.75) is 13.8 Å². The van der Waals surface area contributed by atoms with Crippen LogP contribution in [0.4, 0.5) is 0 Å². The lowest BCUT2D eigenvalue weighted by atomic mass is 10.0. The monoisotopic (exact) mass is 190 g/mol. The van der Waals surface area contributed by atoms with E-state index < -0.39 is 0 Å². The molecule has 14 heavy (non-hydrogen) atoms. The Kier molecular flexibility index (Phi) is 3.46. The molecule has 0 amide bonds. The maximum absolute atomic E-state index is 10.9. The molecule has 2 heteroatoms. The van der Waals surface area contributed by atoms with Crippen molar-refractivity contribution < 1.29 is 9.53 Å². The van der Waals surface area contributed by atoms with E-state index in [-0.39, 0.29) is 5.97 Å². The average molecular weight is 190 g/mol. The first kappa shape index (κ1) is 10.5. The highest BCUT2D eigenvalue weighted by molar-refractivity contribution is 5.87. The van der Waals surface area contributed by atoms with Crippen LogP contribution in [0, 0.1) is 13.8 Å². The van der Waals surface area contributed by atoms with E-state index in [1.165, 1.54) is 13.2 Å². The van der Waals surface area contributed by atoms with Crippen molar-refractivity contribution >= 4 is 12.0 Å². The lowest BCUT2D eigenvalue weighted by Crippen LogP contribution is -1.94. The average Bonchev–Trinajstić information content (AvgIpc) is 2.16. The summed E-state index contributed by atoms with van der Waals surface area (Å²) in [6.07, 6.45) is 3.23. The highest BCUT2D eigenvalue weighted by Gasteiger charge is 1.98. The van der Waals surface area contributed by atoms with E-state index in [0.717, 1.165) is 16.7 Å². The van der Waals surface area contributed by atoms with Crippen LogP contribution in [0.3, 0.4) is 0 Å². The summed E-state index contributed by atoms with van der Waals surface area (Å²) in [7, 11) is 1.37. The van der Waals surface area contributed by atoms with E-state index in [9.17, 15) is 4.79 Å². The van der Waals surface area contributed by atoms with Crippen molar-refractivity contribution in [2.24, 2.45) is 0 Å². The quantitative estimate of drug-likeness (QED) is 0.529. The summed E-state index contributed by atoms with van der Waals surface area (Å²) in [5.74, 6) is -0.326. The summed E-state index contributed by atoms with van der Waals surface area (Å²) < 4.78 is 4.53. The summed E-state index contributed by atoms with van der Waals surface area (Å²) >= 11 is 0. The van der Waals surface area contributed by atoms with E-state index in [2.05, 4.69) is 4.74 Å². The Labute approximate surface area is 84.2 Å². The molecular weight excluding hydrogens is 176 g/mol. The van der Waals surface area contributed by atoms with Crippen LogP contribution in [0.1, 0.15) is 16.7 Å². The van der Waals surface area contributed by atoms with Crippen LogP contribution in [0.25, 0.3) is 6.08 Å². The zero-order valence-electron chi connectivity index (χ0n) is 8.70. The van der Waals surface area contributed by atoms with Crippen molar-refractivity contribution in [2.75, 3.05) is 7.11 Å². The van der Waals surface area contributed by atoms with Crippen molar-refractivity contribution in [1.29, 1.82) is 0 Å². The van der Waals surface area contributed by atoms with E-state index in [1.54, 1.807) is 6.08 Å². The Bertz CT molecular complexity index is 344. The van der Waals surface area contributed by atoms with Gasteiger partial charge in [-0.25, -0.2) is 4.79 Å². The SMILES string of the molecule is COC(=O)C=Cc1c(C)cccc1C. The second-order valence-electron chi connectivity index (χ2n) is 3.16. The molecule has 0 saturated heterocycles. The van der Waals surface area contributed by atoms with E-state index in [4.69, 9.17) is 0 Å². The molecule has 0 heterocycles. The molecule has 1 aromatic rings.